The van der Waals surface area contributed by atoms with Crippen molar-refractivity contribution in [3.8, 4) is 11.5 Å². The van der Waals surface area contributed by atoms with Crippen molar-refractivity contribution >= 4 is 34.9 Å². The van der Waals surface area contributed by atoms with Crippen molar-refractivity contribution < 1.29 is 32.3 Å². The fraction of sp³-hybridized carbons (Fsp3) is 0.259. The molecule has 2 unspecified atom stereocenters. The summed E-state index contributed by atoms with van der Waals surface area (Å²) in [5, 5.41) is 14.0. The highest BCUT2D eigenvalue weighted by molar-refractivity contribution is 7.10. The third-order valence-electron chi connectivity index (χ3n) is 6.28. The lowest BCUT2D eigenvalue weighted by atomic mass is 10.0. The first-order chi connectivity index (χ1) is 19.0. The highest BCUT2D eigenvalue weighted by atomic mass is 32.1. The average Bonchev–Trinajstić information content (AvgIpc) is 3.59. The lowest BCUT2D eigenvalue weighted by Gasteiger charge is -2.24. The molecule has 2 atom stereocenters. The third-order valence-corrected chi connectivity index (χ3v) is 7.22. The van der Waals surface area contributed by atoms with Crippen molar-refractivity contribution in [2.24, 2.45) is 11.7 Å². The van der Waals surface area contributed by atoms with Gasteiger partial charge in [0.1, 0.15) is 23.4 Å². The Hall–Kier alpha value is -4.39. The lowest BCUT2D eigenvalue weighted by molar-refractivity contribution is -0.171. The van der Waals surface area contributed by atoms with Crippen LogP contribution in [0.15, 0.2) is 66.0 Å². The molecule has 0 spiro atoms. The number of alkyl halides is 3. The number of hydrogen-bond acceptors (Lipinski definition) is 6. The molecular formula is C27H26F3N5O4S. The van der Waals surface area contributed by atoms with E-state index in [2.05, 4.69) is 10.6 Å². The number of halogens is 3. The Morgan fingerprint density at radius 2 is 1.70 bits per heavy atom. The highest BCUT2D eigenvalue weighted by Gasteiger charge is 2.50. The van der Waals surface area contributed by atoms with Crippen LogP contribution in [0.25, 0.3) is 0 Å². The number of ether oxygens (including phenoxy) is 1. The van der Waals surface area contributed by atoms with Gasteiger partial charge in [0.2, 0.25) is 11.8 Å². The van der Waals surface area contributed by atoms with Crippen molar-refractivity contribution in [3.63, 3.8) is 0 Å². The van der Waals surface area contributed by atoms with Gasteiger partial charge in [-0.3, -0.25) is 19.8 Å². The number of nitrogens with one attached hydrogen (secondary N) is 3. The molecule has 0 bridgehead atoms. The van der Waals surface area contributed by atoms with Gasteiger partial charge in [-0.05, 0) is 48.9 Å². The Labute approximate surface area is 231 Å². The summed E-state index contributed by atoms with van der Waals surface area (Å²) < 4.78 is 46.1. The maximum Gasteiger partial charge on any atom is 0.393 e. The number of nitrogen functional groups attached to an aromatic ring is 1. The molecule has 0 radical (unpaired) electrons. The first-order valence-corrected chi connectivity index (χ1v) is 13.1. The number of para-hydroxylation sites is 1. The number of carbonyl (C=O) groups is 3. The van der Waals surface area contributed by atoms with Crippen LogP contribution in [0, 0.1) is 11.3 Å². The summed E-state index contributed by atoms with van der Waals surface area (Å²) in [5.74, 6) is -3.06. The van der Waals surface area contributed by atoms with Gasteiger partial charge in [-0.15, -0.1) is 11.3 Å². The summed E-state index contributed by atoms with van der Waals surface area (Å²) in [6.07, 6.45) is -5.18. The maximum atomic E-state index is 13.5. The van der Waals surface area contributed by atoms with Crippen molar-refractivity contribution in [3.05, 3.63) is 82.0 Å². The number of benzene rings is 2. The predicted octanol–water partition coefficient (Wildman–Crippen LogP) is 3.65. The Bertz CT molecular complexity index is 1380. The molecule has 3 aromatic rings. The molecule has 4 rings (SSSR count). The topological polar surface area (TPSA) is 138 Å². The molecule has 40 heavy (non-hydrogen) atoms. The number of carbonyl (C=O) groups excluding carboxylic acids is 3. The van der Waals surface area contributed by atoms with Crippen LogP contribution in [-0.2, 0) is 16.1 Å². The van der Waals surface area contributed by atoms with Gasteiger partial charge in [-0.1, -0.05) is 18.2 Å². The zero-order valence-electron chi connectivity index (χ0n) is 21.0. The van der Waals surface area contributed by atoms with Gasteiger partial charge in [-0.2, -0.15) is 13.2 Å². The molecular weight excluding hydrogens is 547 g/mol. The van der Waals surface area contributed by atoms with E-state index >= 15 is 0 Å². The molecule has 1 aromatic heterocycles. The second-order valence-corrected chi connectivity index (χ2v) is 10.1. The Kier molecular flexibility index (Phi) is 8.73. The molecule has 3 amide bonds. The van der Waals surface area contributed by atoms with Crippen molar-refractivity contribution in [1.29, 1.82) is 5.41 Å². The Morgan fingerprint density at radius 3 is 2.33 bits per heavy atom. The highest BCUT2D eigenvalue weighted by Crippen LogP contribution is 2.36. The summed E-state index contributed by atoms with van der Waals surface area (Å²) >= 11 is 1.23. The second-order valence-electron chi connectivity index (χ2n) is 9.09. The molecule has 210 valence electrons. The van der Waals surface area contributed by atoms with Gasteiger partial charge in [0, 0.05) is 27.9 Å². The number of amidine groups is 1. The SMILES string of the molecule is N=C(N)c1csc(CNC(=O)C2CC(C(F)(F)F)CN2C(=O)CNC(=O)c2ccc(Oc3ccccc3)cc2)c1. The minimum atomic E-state index is -4.59. The number of nitrogens with zero attached hydrogens (tertiary/aromatic N) is 1. The molecule has 13 heteroatoms. The van der Waals surface area contributed by atoms with E-state index in [0.717, 1.165) is 4.90 Å². The summed E-state index contributed by atoms with van der Waals surface area (Å²) in [5.41, 5.74) is 6.12. The molecule has 2 heterocycles. The van der Waals surface area contributed by atoms with Crippen LogP contribution in [0.4, 0.5) is 13.2 Å². The molecule has 2 aromatic carbocycles. The van der Waals surface area contributed by atoms with Crippen LogP contribution in [0.5, 0.6) is 11.5 Å². The first-order valence-electron chi connectivity index (χ1n) is 12.2. The number of thiophene rings is 1. The van der Waals surface area contributed by atoms with E-state index in [-0.39, 0.29) is 17.9 Å². The standard InChI is InChI=1S/C27H26F3N5O4S/c28-27(29,30)18-11-22(26(38)33-12-21-10-17(15-40-21)24(31)32)35(14-18)23(36)13-34-25(37)16-6-8-20(9-7-16)39-19-4-2-1-3-5-19/h1-10,15,18,22H,11-14H2,(H3,31,32)(H,33,38)(H,34,37). The normalized spacial score (nSPS) is 16.8. The maximum absolute atomic E-state index is 13.5. The monoisotopic (exact) mass is 573 g/mol. The summed E-state index contributed by atoms with van der Waals surface area (Å²) in [4.78, 5) is 39.8. The van der Waals surface area contributed by atoms with Crippen LogP contribution in [0.3, 0.4) is 0 Å². The fourth-order valence-electron chi connectivity index (χ4n) is 4.16. The number of rotatable bonds is 9. The van der Waals surface area contributed by atoms with E-state index in [9.17, 15) is 27.6 Å². The van der Waals surface area contributed by atoms with E-state index in [4.69, 9.17) is 15.9 Å². The first kappa shape index (κ1) is 28.6. The van der Waals surface area contributed by atoms with Crippen LogP contribution in [0.1, 0.15) is 27.2 Å². The number of hydrogen-bond donors (Lipinski definition) is 4. The molecule has 1 saturated heterocycles. The third kappa shape index (κ3) is 7.17. The van der Waals surface area contributed by atoms with Gasteiger partial charge in [0.25, 0.3) is 5.91 Å². The molecule has 1 aliphatic heterocycles. The molecule has 1 fully saturated rings. The smallest absolute Gasteiger partial charge is 0.393 e. The zero-order valence-corrected chi connectivity index (χ0v) is 21.9. The summed E-state index contributed by atoms with van der Waals surface area (Å²) in [7, 11) is 0. The van der Waals surface area contributed by atoms with Gasteiger partial charge in [-0.25, -0.2) is 0 Å². The summed E-state index contributed by atoms with van der Waals surface area (Å²) in [6.45, 7) is -1.26. The quantitative estimate of drug-likeness (QED) is 0.229. The zero-order chi connectivity index (χ0) is 28.9. The van der Waals surface area contributed by atoms with Crippen molar-refractivity contribution in [2.45, 2.75) is 25.2 Å². The van der Waals surface area contributed by atoms with Crippen LogP contribution < -0.4 is 21.1 Å². The van der Waals surface area contributed by atoms with Gasteiger partial charge < -0.3 is 26.0 Å². The van der Waals surface area contributed by atoms with E-state index in [1.165, 1.54) is 23.5 Å². The average molecular weight is 574 g/mol. The van der Waals surface area contributed by atoms with Gasteiger partial charge in [0.05, 0.1) is 19.0 Å². The largest absolute Gasteiger partial charge is 0.457 e. The van der Waals surface area contributed by atoms with Gasteiger partial charge >= 0.3 is 6.18 Å². The molecule has 9 nitrogen and oxygen atoms in total. The van der Waals surface area contributed by atoms with Crippen molar-refractivity contribution in [1.82, 2.24) is 15.5 Å². The van der Waals surface area contributed by atoms with Crippen LogP contribution in [0.2, 0.25) is 0 Å². The van der Waals surface area contributed by atoms with Crippen LogP contribution >= 0.6 is 11.3 Å². The summed E-state index contributed by atoms with van der Waals surface area (Å²) in [6, 6.07) is 15.4. The van der Waals surface area contributed by atoms with E-state index < -0.39 is 55.4 Å². The minimum absolute atomic E-state index is 0.00666. The number of likely N-dealkylation sites (tertiary alicyclic amines) is 1. The van der Waals surface area contributed by atoms with E-state index in [0.29, 0.717) is 21.9 Å². The predicted molar refractivity (Wildman–Crippen MR) is 142 cm³/mol. The Balaban J connectivity index is 1.35. The molecule has 5 N–H and O–H groups in total. The van der Waals surface area contributed by atoms with Crippen molar-refractivity contribution in [2.75, 3.05) is 13.1 Å². The molecule has 0 saturated carbocycles. The molecule has 0 aliphatic carbocycles. The van der Waals surface area contributed by atoms with Crippen LogP contribution in [-0.4, -0.2) is 53.8 Å². The van der Waals surface area contributed by atoms with E-state index in [1.807, 2.05) is 18.2 Å². The second kappa shape index (κ2) is 12.2. The minimum Gasteiger partial charge on any atom is -0.457 e. The fourth-order valence-corrected chi connectivity index (χ4v) is 4.99. The molecule has 1 aliphatic rings. The van der Waals surface area contributed by atoms with Gasteiger partial charge in [0.15, 0.2) is 0 Å². The Morgan fingerprint density at radius 1 is 1.02 bits per heavy atom. The van der Waals surface area contributed by atoms with E-state index in [1.54, 1.807) is 35.7 Å². The number of nitrogens with two attached hydrogens (primary N) is 1. The number of amides is 3. The lowest BCUT2D eigenvalue weighted by Crippen LogP contribution is -2.48.